The lowest BCUT2D eigenvalue weighted by Gasteiger charge is -2.10. The van der Waals surface area contributed by atoms with Gasteiger partial charge in [0.15, 0.2) is 5.13 Å². The molecule has 0 bridgehead atoms. The van der Waals surface area contributed by atoms with E-state index in [1.807, 2.05) is 47.8 Å². The highest BCUT2D eigenvalue weighted by atomic mass is 35.5. The number of nitrogens with zero attached hydrogens (tertiary/aromatic N) is 2. The number of carbonyl (C=O) groups excluding carboxylic acids is 1. The molecule has 5 aromatic rings. The van der Waals surface area contributed by atoms with Crippen LogP contribution in [0.2, 0.25) is 15.1 Å². The molecule has 0 saturated heterocycles. The van der Waals surface area contributed by atoms with Crippen molar-refractivity contribution in [1.29, 1.82) is 0 Å². The Morgan fingerprint density at radius 1 is 0.788 bits per heavy atom. The average Bonchev–Trinajstić information content (AvgIpc) is 3.29. The topological polar surface area (TPSA) is 54.9 Å². The zero-order valence-electron chi connectivity index (χ0n) is 16.9. The Labute approximate surface area is 208 Å². The molecule has 0 saturated carbocycles. The number of hydrogen-bond acceptors (Lipinski definition) is 4. The van der Waals surface area contributed by atoms with E-state index >= 15 is 0 Å². The van der Waals surface area contributed by atoms with E-state index in [-0.39, 0.29) is 5.91 Å². The van der Waals surface area contributed by atoms with Crippen molar-refractivity contribution in [1.82, 2.24) is 9.97 Å². The van der Waals surface area contributed by atoms with Crippen LogP contribution in [0.5, 0.6) is 0 Å². The first-order chi connectivity index (χ1) is 16.0. The van der Waals surface area contributed by atoms with Crippen LogP contribution in [0.25, 0.3) is 33.4 Å². The SMILES string of the molecule is O=C(Nc1nc(-c2ccc(Cl)c(Cl)c2)cs1)c1cc(-c2ccc(Cl)cc2)nc2ccccc12. The van der Waals surface area contributed by atoms with E-state index in [4.69, 9.17) is 39.8 Å². The smallest absolute Gasteiger partial charge is 0.258 e. The van der Waals surface area contributed by atoms with Gasteiger partial charge in [-0.1, -0.05) is 71.2 Å². The fourth-order valence-corrected chi connectivity index (χ4v) is 4.55. The number of pyridine rings is 1. The first kappa shape index (κ1) is 21.9. The van der Waals surface area contributed by atoms with Gasteiger partial charge in [0.05, 0.1) is 32.5 Å². The molecule has 3 aromatic carbocycles. The van der Waals surface area contributed by atoms with Gasteiger partial charge in [-0.25, -0.2) is 9.97 Å². The molecule has 0 aliphatic rings. The number of thiazole rings is 1. The summed E-state index contributed by atoms with van der Waals surface area (Å²) in [5.41, 5.74) is 4.32. The maximum Gasteiger partial charge on any atom is 0.258 e. The summed E-state index contributed by atoms with van der Waals surface area (Å²) in [6, 6.07) is 22.0. The molecule has 5 rings (SSSR count). The molecule has 162 valence electrons. The van der Waals surface area contributed by atoms with Crippen LogP contribution in [0, 0.1) is 0 Å². The number of fused-ring (bicyclic) bond motifs is 1. The van der Waals surface area contributed by atoms with Gasteiger partial charge in [-0.05, 0) is 36.4 Å². The number of halogens is 3. The summed E-state index contributed by atoms with van der Waals surface area (Å²) in [7, 11) is 0. The largest absolute Gasteiger partial charge is 0.298 e. The first-order valence-electron chi connectivity index (χ1n) is 9.86. The second-order valence-corrected chi connectivity index (χ2v) is 9.31. The van der Waals surface area contributed by atoms with Crippen molar-refractivity contribution in [3.63, 3.8) is 0 Å². The molecule has 0 atom stereocenters. The van der Waals surface area contributed by atoms with E-state index < -0.39 is 0 Å². The molecule has 2 aromatic heterocycles. The van der Waals surface area contributed by atoms with Crippen molar-refractivity contribution in [2.45, 2.75) is 0 Å². The summed E-state index contributed by atoms with van der Waals surface area (Å²) in [6.07, 6.45) is 0. The van der Waals surface area contributed by atoms with Gasteiger partial charge in [0, 0.05) is 26.9 Å². The third-order valence-corrected chi connectivity index (χ3v) is 6.79. The second kappa shape index (κ2) is 9.12. The Hall–Kier alpha value is -2.96. The Kier molecular flexibility index (Phi) is 6.04. The van der Waals surface area contributed by atoms with Crippen molar-refractivity contribution in [2.75, 3.05) is 5.32 Å². The van der Waals surface area contributed by atoms with Gasteiger partial charge in [-0.15, -0.1) is 11.3 Å². The quantitative estimate of drug-likeness (QED) is 0.265. The van der Waals surface area contributed by atoms with E-state index in [0.29, 0.717) is 37.2 Å². The van der Waals surface area contributed by atoms with Crippen LogP contribution in [-0.2, 0) is 0 Å². The highest BCUT2D eigenvalue weighted by Gasteiger charge is 2.16. The van der Waals surface area contributed by atoms with Crippen molar-refractivity contribution in [3.8, 4) is 22.5 Å². The van der Waals surface area contributed by atoms with Gasteiger partial charge in [-0.3, -0.25) is 10.1 Å². The first-order valence-corrected chi connectivity index (χ1v) is 11.9. The highest BCUT2D eigenvalue weighted by molar-refractivity contribution is 7.14. The number of hydrogen-bond donors (Lipinski definition) is 1. The number of para-hydroxylation sites is 1. The average molecular weight is 511 g/mol. The van der Waals surface area contributed by atoms with Crippen molar-refractivity contribution >= 4 is 68.1 Å². The minimum absolute atomic E-state index is 0.265. The lowest BCUT2D eigenvalue weighted by molar-refractivity contribution is 0.102. The molecule has 4 nitrogen and oxygen atoms in total. The van der Waals surface area contributed by atoms with Crippen LogP contribution in [0.1, 0.15) is 10.4 Å². The maximum atomic E-state index is 13.3. The van der Waals surface area contributed by atoms with Gasteiger partial charge >= 0.3 is 0 Å². The van der Waals surface area contributed by atoms with Crippen molar-refractivity contribution in [3.05, 3.63) is 98.8 Å². The normalized spacial score (nSPS) is 11.0. The molecule has 2 heterocycles. The van der Waals surface area contributed by atoms with E-state index in [1.165, 1.54) is 11.3 Å². The minimum Gasteiger partial charge on any atom is -0.298 e. The summed E-state index contributed by atoms with van der Waals surface area (Å²) in [4.78, 5) is 22.5. The number of aromatic nitrogens is 2. The zero-order valence-corrected chi connectivity index (χ0v) is 19.9. The second-order valence-electron chi connectivity index (χ2n) is 7.20. The number of carbonyl (C=O) groups is 1. The summed E-state index contributed by atoms with van der Waals surface area (Å²) in [6.45, 7) is 0. The van der Waals surface area contributed by atoms with Gasteiger partial charge < -0.3 is 0 Å². The summed E-state index contributed by atoms with van der Waals surface area (Å²) < 4.78 is 0. The molecule has 0 radical (unpaired) electrons. The highest BCUT2D eigenvalue weighted by Crippen LogP contribution is 2.31. The summed E-state index contributed by atoms with van der Waals surface area (Å²) >= 11 is 19.5. The Morgan fingerprint density at radius 2 is 1.55 bits per heavy atom. The van der Waals surface area contributed by atoms with Gasteiger partial charge in [0.25, 0.3) is 5.91 Å². The molecule has 0 aliphatic heterocycles. The predicted octanol–water partition coefficient (Wildman–Crippen LogP) is 8.24. The predicted molar refractivity (Wildman–Crippen MR) is 138 cm³/mol. The fourth-order valence-electron chi connectivity index (χ4n) is 3.42. The third-order valence-electron chi connectivity index (χ3n) is 5.04. The molecule has 1 amide bonds. The van der Waals surface area contributed by atoms with Gasteiger partial charge in [0.2, 0.25) is 0 Å². The Balaban J connectivity index is 1.49. The van der Waals surface area contributed by atoms with E-state index in [9.17, 15) is 4.79 Å². The maximum absolute atomic E-state index is 13.3. The number of amides is 1. The monoisotopic (exact) mass is 509 g/mol. The van der Waals surface area contributed by atoms with E-state index in [1.54, 1.807) is 30.3 Å². The molecule has 0 fully saturated rings. The van der Waals surface area contributed by atoms with Crippen molar-refractivity contribution < 1.29 is 4.79 Å². The number of nitrogens with one attached hydrogen (secondary N) is 1. The molecule has 8 heteroatoms. The van der Waals surface area contributed by atoms with E-state index in [0.717, 1.165) is 22.0 Å². The fraction of sp³-hybridized carbons (Fsp3) is 0. The van der Waals surface area contributed by atoms with Crippen LogP contribution >= 0.6 is 46.1 Å². The zero-order chi connectivity index (χ0) is 22.9. The lowest BCUT2D eigenvalue weighted by Crippen LogP contribution is -2.13. The standard InChI is InChI=1S/C25H14Cl3N3OS/c26-16-8-5-14(6-9-16)22-12-18(17-3-1-2-4-21(17)29-22)24(32)31-25-30-23(13-33-25)15-7-10-19(27)20(28)11-15/h1-13H,(H,30,31,32). The van der Waals surface area contributed by atoms with Gasteiger partial charge in [0.1, 0.15) is 0 Å². The Morgan fingerprint density at radius 3 is 2.33 bits per heavy atom. The van der Waals surface area contributed by atoms with Crippen LogP contribution in [0.3, 0.4) is 0 Å². The van der Waals surface area contributed by atoms with Crippen LogP contribution in [-0.4, -0.2) is 15.9 Å². The van der Waals surface area contributed by atoms with Crippen LogP contribution in [0.15, 0.2) is 78.2 Å². The molecule has 0 aliphatic carbocycles. The minimum atomic E-state index is -0.265. The van der Waals surface area contributed by atoms with Crippen LogP contribution < -0.4 is 5.32 Å². The molecule has 33 heavy (non-hydrogen) atoms. The number of rotatable bonds is 4. The lowest BCUT2D eigenvalue weighted by atomic mass is 10.0. The Bertz CT molecular complexity index is 1500. The van der Waals surface area contributed by atoms with Crippen molar-refractivity contribution in [2.24, 2.45) is 0 Å². The summed E-state index contributed by atoms with van der Waals surface area (Å²) in [5.74, 6) is -0.265. The van der Waals surface area contributed by atoms with Crippen LogP contribution in [0.4, 0.5) is 5.13 Å². The summed E-state index contributed by atoms with van der Waals surface area (Å²) in [5, 5.41) is 7.58. The molecular formula is C25H14Cl3N3OS. The van der Waals surface area contributed by atoms with E-state index in [2.05, 4.69) is 10.3 Å². The number of benzene rings is 3. The number of anilines is 1. The molecule has 0 unspecified atom stereocenters. The molecule has 0 spiro atoms. The molecule has 1 N–H and O–H groups in total. The third kappa shape index (κ3) is 4.59. The molecular weight excluding hydrogens is 497 g/mol. The van der Waals surface area contributed by atoms with Gasteiger partial charge in [-0.2, -0.15) is 0 Å².